The predicted molar refractivity (Wildman–Crippen MR) is 99.8 cm³/mol. The smallest absolute Gasteiger partial charge is 0.309 e. The molecule has 0 saturated carbocycles. The summed E-state index contributed by atoms with van der Waals surface area (Å²) in [6.07, 6.45) is 1.78. The normalized spacial score (nSPS) is 20.4. The van der Waals surface area contributed by atoms with Gasteiger partial charge in [0.1, 0.15) is 5.60 Å². The Morgan fingerprint density at radius 3 is 2.88 bits per heavy atom. The maximum atomic E-state index is 12.4. The molecule has 3 rings (SSSR count). The molecule has 0 bridgehead atoms. The summed E-state index contributed by atoms with van der Waals surface area (Å²) in [5.41, 5.74) is 4.02. The number of carbonyl (C=O) groups excluding carboxylic acids is 1. The van der Waals surface area contributed by atoms with Gasteiger partial charge in [-0.05, 0) is 43.4 Å². The third kappa shape index (κ3) is 2.79. The minimum atomic E-state index is -0.743. The molecule has 2 unspecified atom stereocenters. The van der Waals surface area contributed by atoms with Crippen LogP contribution in [0, 0.1) is 24.2 Å². The number of H-pyrrole nitrogens is 1. The first-order valence-electron chi connectivity index (χ1n) is 9.32. The van der Waals surface area contributed by atoms with Crippen LogP contribution in [-0.2, 0) is 26.3 Å². The van der Waals surface area contributed by atoms with Gasteiger partial charge in [-0.25, -0.2) is 0 Å². The van der Waals surface area contributed by atoms with Gasteiger partial charge >= 0.3 is 5.97 Å². The molecule has 26 heavy (non-hydrogen) atoms. The van der Waals surface area contributed by atoms with Gasteiger partial charge in [0.05, 0.1) is 42.5 Å². The van der Waals surface area contributed by atoms with Crippen LogP contribution in [0.15, 0.2) is 12.1 Å². The fourth-order valence-corrected chi connectivity index (χ4v) is 4.08. The molecule has 2 atom stereocenters. The van der Waals surface area contributed by atoms with E-state index >= 15 is 0 Å². The number of hydrogen-bond donors (Lipinski definition) is 1. The zero-order chi connectivity index (χ0) is 18.9. The molecular formula is C21H26N2O3. The van der Waals surface area contributed by atoms with E-state index in [0.29, 0.717) is 18.8 Å². The zero-order valence-corrected chi connectivity index (χ0v) is 15.9. The van der Waals surface area contributed by atoms with Crippen LogP contribution in [0.1, 0.15) is 56.0 Å². The molecule has 2 heterocycles. The van der Waals surface area contributed by atoms with Crippen molar-refractivity contribution in [3.05, 3.63) is 34.5 Å². The summed E-state index contributed by atoms with van der Waals surface area (Å²) < 4.78 is 11.5. The molecule has 5 heteroatoms. The Labute approximate surface area is 154 Å². The quantitative estimate of drug-likeness (QED) is 0.820. The number of hydrogen-bond acceptors (Lipinski definition) is 4. The molecule has 1 N–H and O–H groups in total. The number of benzene rings is 1. The predicted octanol–water partition coefficient (Wildman–Crippen LogP) is 4.12. The maximum absolute atomic E-state index is 12.4. The van der Waals surface area contributed by atoms with Crippen molar-refractivity contribution in [1.82, 2.24) is 4.98 Å². The molecule has 1 aliphatic rings. The third-order valence-electron chi connectivity index (χ3n) is 5.64. The van der Waals surface area contributed by atoms with Gasteiger partial charge < -0.3 is 14.5 Å². The lowest BCUT2D eigenvalue weighted by atomic mass is 9.77. The fraction of sp³-hybridized carbons (Fsp3) is 0.524. The molecule has 2 aromatic rings. The molecular weight excluding hydrogens is 328 g/mol. The van der Waals surface area contributed by atoms with Crippen LogP contribution in [0.3, 0.4) is 0 Å². The molecule has 138 valence electrons. The van der Waals surface area contributed by atoms with E-state index in [0.717, 1.165) is 40.6 Å². The highest BCUT2D eigenvalue weighted by molar-refractivity contribution is 5.93. The molecule has 0 saturated heterocycles. The fourth-order valence-electron chi connectivity index (χ4n) is 4.08. The number of esters is 1. The molecule has 0 aliphatic carbocycles. The number of nitrogens with zero attached hydrogens (tertiary/aromatic N) is 1. The monoisotopic (exact) mass is 354 g/mol. The Bertz CT molecular complexity index is 877. The number of nitriles is 1. The van der Waals surface area contributed by atoms with Crippen LogP contribution in [0.5, 0.6) is 0 Å². The first-order valence-corrected chi connectivity index (χ1v) is 9.32. The van der Waals surface area contributed by atoms with Gasteiger partial charge in [-0.15, -0.1) is 0 Å². The van der Waals surface area contributed by atoms with E-state index < -0.39 is 5.60 Å². The second-order valence-electron chi connectivity index (χ2n) is 7.05. The Kier molecular flexibility index (Phi) is 5.06. The number of aromatic nitrogens is 1. The summed E-state index contributed by atoms with van der Waals surface area (Å²) in [6, 6.07) is 6.14. The van der Waals surface area contributed by atoms with Gasteiger partial charge in [0.2, 0.25) is 0 Å². The minimum absolute atomic E-state index is 0.130. The maximum Gasteiger partial charge on any atom is 0.309 e. The van der Waals surface area contributed by atoms with Crippen LogP contribution in [0.2, 0.25) is 0 Å². The van der Waals surface area contributed by atoms with E-state index in [1.54, 1.807) is 0 Å². The summed E-state index contributed by atoms with van der Waals surface area (Å²) >= 11 is 0. The molecule has 0 radical (unpaired) electrons. The lowest BCUT2D eigenvalue weighted by molar-refractivity contribution is -0.160. The van der Waals surface area contributed by atoms with E-state index in [9.17, 15) is 10.1 Å². The summed E-state index contributed by atoms with van der Waals surface area (Å²) in [5.74, 6) is -0.124. The van der Waals surface area contributed by atoms with Crippen molar-refractivity contribution in [2.45, 2.75) is 52.6 Å². The molecule has 1 aromatic carbocycles. The molecule has 1 aromatic heterocycles. The molecule has 1 aliphatic heterocycles. The Morgan fingerprint density at radius 2 is 2.23 bits per heavy atom. The van der Waals surface area contributed by atoms with E-state index in [4.69, 9.17) is 9.47 Å². The van der Waals surface area contributed by atoms with Gasteiger partial charge in [-0.2, -0.15) is 5.26 Å². The van der Waals surface area contributed by atoms with Crippen LogP contribution >= 0.6 is 0 Å². The lowest BCUT2D eigenvalue weighted by Gasteiger charge is -2.41. The second-order valence-corrected chi connectivity index (χ2v) is 7.05. The van der Waals surface area contributed by atoms with Crippen molar-refractivity contribution in [2.24, 2.45) is 5.92 Å². The molecule has 0 amide bonds. The van der Waals surface area contributed by atoms with Gasteiger partial charge in [-0.1, -0.05) is 26.3 Å². The lowest BCUT2D eigenvalue weighted by Crippen LogP contribution is -2.43. The van der Waals surface area contributed by atoms with E-state index in [2.05, 4.69) is 24.9 Å². The number of aryl methyl sites for hydroxylation is 1. The first kappa shape index (κ1) is 18.5. The molecule has 0 fully saturated rings. The molecule has 5 nitrogen and oxygen atoms in total. The van der Waals surface area contributed by atoms with Crippen molar-refractivity contribution < 1.29 is 14.3 Å². The largest absolute Gasteiger partial charge is 0.466 e. The van der Waals surface area contributed by atoms with Crippen molar-refractivity contribution in [3.8, 4) is 6.07 Å². The van der Waals surface area contributed by atoms with Crippen molar-refractivity contribution in [2.75, 3.05) is 13.2 Å². The Balaban J connectivity index is 2.25. The number of carbonyl (C=O) groups is 1. The average molecular weight is 354 g/mol. The number of nitrogens with one attached hydrogen (secondary N) is 1. The number of ether oxygens (including phenoxy) is 2. The van der Waals surface area contributed by atoms with Gasteiger partial charge in [0, 0.05) is 5.39 Å². The Morgan fingerprint density at radius 1 is 1.46 bits per heavy atom. The average Bonchev–Trinajstić information content (AvgIpc) is 3.03. The number of aromatic amines is 1. The van der Waals surface area contributed by atoms with Crippen LogP contribution in [0.4, 0.5) is 0 Å². The minimum Gasteiger partial charge on any atom is -0.466 e. The zero-order valence-electron chi connectivity index (χ0n) is 15.9. The topological polar surface area (TPSA) is 75.1 Å². The van der Waals surface area contributed by atoms with Gasteiger partial charge in [0.25, 0.3) is 0 Å². The van der Waals surface area contributed by atoms with Crippen LogP contribution in [-0.4, -0.2) is 24.2 Å². The summed E-state index contributed by atoms with van der Waals surface area (Å²) in [6.45, 7) is 8.94. The summed E-state index contributed by atoms with van der Waals surface area (Å²) in [4.78, 5) is 15.9. The van der Waals surface area contributed by atoms with Crippen molar-refractivity contribution in [1.29, 1.82) is 5.26 Å². The number of fused-ring (bicyclic) bond motifs is 3. The first-order chi connectivity index (χ1) is 12.5. The van der Waals surface area contributed by atoms with Gasteiger partial charge in [-0.3, -0.25) is 4.79 Å². The van der Waals surface area contributed by atoms with Crippen molar-refractivity contribution >= 4 is 16.9 Å². The van der Waals surface area contributed by atoms with E-state index in [-0.39, 0.29) is 18.3 Å². The highest BCUT2D eigenvalue weighted by atomic mass is 16.5. The van der Waals surface area contributed by atoms with E-state index in [1.165, 1.54) is 0 Å². The second kappa shape index (κ2) is 7.13. The summed E-state index contributed by atoms with van der Waals surface area (Å²) in [7, 11) is 0. The molecule has 0 spiro atoms. The van der Waals surface area contributed by atoms with Crippen LogP contribution < -0.4 is 0 Å². The standard InChI is InChI=1S/C21H26N2O3/c1-5-14(4)21(11-17(24)25-6-2)20-16(9-10-26-21)18-15(12-22)8-7-13(3)19(18)23-20/h7-8,14,23H,5-6,9-11H2,1-4H3. The van der Waals surface area contributed by atoms with Crippen molar-refractivity contribution in [3.63, 3.8) is 0 Å². The third-order valence-corrected chi connectivity index (χ3v) is 5.64. The van der Waals surface area contributed by atoms with E-state index in [1.807, 2.05) is 26.0 Å². The highest BCUT2D eigenvalue weighted by Crippen LogP contribution is 2.46. The SMILES string of the molecule is CCOC(=O)CC1(C(C)CC)OCCc2c1[nH]c1c(C)ccc(C#N)c21. The number of rotatable bonds is 5. The highest BCUT2D eigenvalue weighted by Gasteiger charge is 2.46. The van der Waals surface area contributed by atoms with Gasteiger partial charge in [0.15, 0.2) is 0 Å². The Hall–Kier alpha value is -2.32. The summed E-state index contributed by atoms with van der Waals surface area (Å²) in [5, 5.41) is 10.6. The van der Waals surface area contributed by atoms with Crippen LogP contribution in [0.25, 0.3) is 10.9 Å².